The molecule has 0 fully saturated rings. The summed E-state index contributed by atoms with van der Waals surface area (Å²) in [6, 6.07) is 36.9. The van der Waals surface area contributed by atoms with E-state index in [1.807, 2.05) is 0 Å². The molecular formula is C41H30Cl2GeZr-2. The van der Waals surface area contributed by atoms with Crippen molar-refractivity contribution in [2.45, 2.75) is 17.6 Å². The molecule has 218 valence electrons. The average molecular weight is 757 g/mol. The van der Waals surface area contributed by atoms with Gasteiger partial charge in [-0.3, -0.25) is 0 Å². The molecule has 0 aliphatic heterocycles. The molecule has 4 aliphatic carbocycles. The molecule has 0 N–H and O–H groups in total. The van der Waals surface area contributed by atoms with Gasteiger partial charge in [-0.05, 0) is 22.6 Å². The van der Waals surface area contributed by atoms with E-state index in [1.54, 1.807) is 26.0 Å². The molecule has 9 rings (SSSR count). The second-order valence-corrected chi connectivity index (χ2v) is 24.5. The minimum Gasteiger partial charge on any atom is -1.00 e. The Morgan fingerprint density at radius 3 is 1.44 bits per heavy atom. The molecule has 0 spiro atoms. The number of halogens is 2. The molecule has 2 atom stereocenters. The smallest absolute Gasteiger partial charge is 1.00 e. The molecule has 0 aromatic heterocycles. The Balaban J connectivity index is 0.000000137. The van der Waals surface area contributed by atoms with Crippen molar-refractivity contribution in [3.8, 4) is 0 Å². The van der Waals surface area contributed by atoms with Crippen molar-refractivity contribution in [3.05, 3.63) is 185 Å². The zero-order valence-corrected chi connectivity index (χ0v) is 30.9. The third-order valence-corrected chi connectivity index (χ3v) is 14.7. The maximum atomic E-state index is 3.40. The zero-order chi connectivity index (χ0) is 29.2. The summed E-state index contributed by atoms with van der Waals surface area (Å²) in [6.07, 6.45) is 24.1. The monoisotopic (exact) mass is 756 g/mol. The van der Waals surface area contributed by atoms with Crippen LogP contribution in [0.3, 0.4) is 0 Å². The normalized spacial score (nSPS) is 17.1. The Morgan fingerprint density at radius 2 is 1.00 bits per heavy atom. The van der Waals surface area contributed by atoms with E-state index in [0.29, 0.717) is 11.8 Å². The van der Waals surface area contributed by atoms with Gasteiger partial charge in [-0.25, -0.2) is 0 Å². The van der Waals surface area contributed by atoms with Gasteiger partial charge in [0.15, 0.2) is 0 Å². The van der Waals surface area contributed by atoms with Crippen molar-refractivity contribution in [1.29, 1.82) is 0 Å². The van der Waals surface area contributed by atoms with Gasteiger partial charge in [0, 0.05) is 0 Å². The third-order valence-electron chi connectivity index (χ3n) is 8.48. The van der Waals surface area contributed by atoms with E-state index < -0.39 is 9.98 Å². The molecule has 0 amide bonds. The maximum Gasteiger partial charge on any atom is -1.00 e. The Labute approximate surface area is 294 Å². The van der Waals surface area contributed by atoms with E-state index in [9.17, 15) is 0 Å². The van der Waals surface area contributed by atoms with E-state index in [-0.39, 0.29) is 24.8 Å². The number of benzene rings is 5. The van der Waals surface area contributed by atoms with Gasteiger partial charge in [-0.2, -0.15) is 47.6 Å². The van der Waals surface area contributed by atoms with Gasteiger partial charge < -0.3 is 24.8 Å². The predicted molar refractivity (Wildman–Crippen MR) is 181 cm³/mol. The SMILES string of the molecule is [C-]1=Cc2c(ccc3ccccc23)C2C=CC=C12.[C-]1=Cc2c(ccc3ccccc23)C2C=CC=C12.[CH3][Ge](=[Zr+2])[c]1ccccc1.[Cl-].[Cl-]. The van der Waals surface area contributed by atoms with Crippen LogP contribution in [0.2, 0.25) is 5.76 Å². The summed E-state index contributed by atoms with van der Waals surface area (Å²) < 4.78 is 1.62. The number of allylic oxidation sites excluding steroid dienone is 10. The molecule has 5 aromatic rings. The van der Waals surface area contributed by atoms with Gasteiger partial charge >= 0.3 is 72.1 Å². The van der Waals surface area contributed by atoms with Crippen molar-refractivity contribution in [3.63, 3.8) is 0 Å². The van der Waals surface area contributed by atoms with E-state index in [1.165, 1.54) is 54.9 Å². The molecule has 2 unspecified atom stereocenters. The molecular weight excluding hydrogens is 727 g/mol. The number of hydrogen-bond acceptors (Lipinski definition) is 0. The average Bonchev–Trinajstić information content (AvgIpc) is 3.76. The molecule has 4 heteroatoms. The van der Waals surface area contributed by atoms with Crippen LogP contribution in [0.15, 0.2) is 151 Å². The van der Waals surface area contributed by atoms with Gasteiger partial charge in [-0.15, -0.1) is 23.3 Å². The van der Waals surface area contributed by atoms with Crippen LogP contribution in [0.4, 0.5) is 0 Å². The Hall–Kier alpha value is -2.93. The van der Waals surface area contributed by atoms with Crippen molar-refractivity contribution < 1.29 is 46.4 Å². The Kier molecular flexibility index (Phi) is 11.2. The van der Waals surface area contributed by atoms with Gasteiger partial charge in [0.25, 0.3) is 0 Å². The van der Waals surface area contributed by atoms with Crippen LogP contribution in [-0.4, -0.2) is 9.98 Å². The van der Waals surface area contributed by atoms with Crippen LogP contribution in [0.5, 0.6) is 0 Å². The summed E-state index contributed by atoms with van der Waals surface area (Å²) in [5.74, 6) is 3.24. The van der Waals surface area contributed by atoms with E-state index in [4.69, 9.17) is 0 Å². The molecule has 0 bridgehead atoms. The molecule has 45 heavy (non-hydrogen) atoms. The van der Waals surface area contributed by atoms with Crippen LogP contribution in [0.25, 0.3) is 33.7 Å². The minimum absolute atomic E-state index is 0. The van der Waals surface area contributed by atoms with E-state index >= 15 is 0 Å². The quantitative estimate of drug-likeness (QED) is 0.182. The first-order valence-corrected chi connectivity index (χ1v) is 25.4. The van der Waals surface area contributed by atoms with Gasteiger partial charge in [-0.1, -0.05) is 107 Å². The number of rotatable bonds is 1. The Morgan fingerprint density at radius 1 is 0.556 bits per heavy atom. The summed E-state index contributed by atoms with van der Waals surface area (Å²) in [4.78, 5) is 0. The van der Waals surface area contributed by atoms with Crippen molar-refractivity contribution >= 4 is 48.1 Å². The largest absolute Gasteiger partial charge is 1.00 e. The van der Waals surface area contributed by atoms with Gasteiger partial charge in [0.2, 0.25) is 0 Å². The summed E-state index contributed by atoms with van der Waals surface area (Å²) in [5.41, 5.74) is 8.04. The zero-order valence-electron chi connectivity index (χ0n) is 24.8. The van der Waals surface area contributed by atoms with Crippen LogP contribution in [-0.2, 0) is 21.6 Å². The van der Waals surface area contributed by atoms with Crippen LogP contribution in [0.1, 0.15) is 34.1 Å². The fourth-order valence-electron chi connectivity index (χ4n) is 6.26. The van der Waals surface area contributed by atoms with Crippen LogP contribution >= 0.6 is 0 Å². The van der Waals surface area contributed by atoms with Crippen LogP contribution in [0, 0.1) is 12.2 Å². The minimum atomic E-state index is -0.676. The molecule has 5 aromatic carbocycles. The first-order chi connectivity index (χ1) is 21.2. The topological polar surface area (TPSA) is 0 Å². The van der Waals surface area contributed by atoms with Crippen molar-refractivity contribution in [1.82, 2.24) is 0 Å². The van der Waals surface area contributed by atoms with E-state index in [2.05, 4.69) is 170 Å². The van der Waals surface area contributed by atoms with Gasteiger partial charge in [0.05, 0.1) is 0 Å². The molecule has 0 radical (unpaired) electrons. The van der Waals surface area contributed by atoms with Gasteiger partial charge in [0.1, 0.15) is 0 Å². The first-order valence-electron chi connectivity index (χ1n) is 14.8. The predicted octanol–water partition coefficient (Wildman–Crippen LogP) is 3.57. The molecule has 0 saturated carbocycles. The summed E-state index contributed by atoms with van der Waals surface area (Å²) in [7, 11) is -0.676. The van der Waals surface area contributed by atoms with E-state index in [0.717, 1.165) is 0 Å². The van der Waals surface area contributed by atoms with Crippen LogP contribution < -0.4 is 29.2 Å². The summed E-state index contributed by atoms with van der Waals surface area (Å²) in [5, 5.41) is 5.27. The maximum absolute atomic E-state index is 3.40. The number of hydrogen-bond donors (Lipinski definition) is 0. The molecule has 0 saturated heterocycles. The second kappa shape index (κ2) is 15.1. The van der Waals surface area contributed by atoms with Crippen molar-refractivity contribution in [2.75, 3.05) is 0 Å². The summed E-state index contributed by atoms with van der Waals surface area (Å²) >= 11 is 1.76. The second-order valence-electron chi connectivity index (χ2n) is 11.1. The third kappa shape index (κ3) is 6.93. The molecule has 0 nitrogen and oxygen atoms in total. The van der Waals surface area contributed by atoms with Crippen molar-refractivity contribution in [2.24, 2.45) is 0 Å². The fraction of sp³-hybridized carbons (Fsp3) is 0.0732. The number of fused-ring (bicyclic) bond motifs is 10. The summed E-state index contributed by atoms with van der Waals surface area (Å²) in [6.45, 7) is 0. The molecule has 0 heterocycles. The molecule has 4 aliphatic rings. The fourth-order valence-corrected chi connectivity index (χ4v) is 9.84. The standard InChI is InChI=1S/2C17H11.C7H8Ge.2ClH.Zr/c2*1-2-6-14-12(4-1)8-10-17-15-7-3-5-13(15)9-11-16(14)17;1-8-7-5-3-2-4-6-7;;;/h2*1-8,10-11,15H;2-6H,1H3;2*1H;/q2*-1;;;;+2/p-2. The first kappa shape index (κ1) is 33.4. The Bertz CT molecular complexity index is 1940.